The van der Waals surface area contributed by atoms with Crippen molar-refractivity contribution in [2.75, 3.05) is 29.1 Å². The van der Waals surface area contributed by atoms with Crippen LogP contribution in [0.4, 0.5) is 21.9 Å². The summed E-state index contributed by atoms with van der Waals surface area (Å²) < 4.78 is 38.8. The number of nitrogens with one attached hydrogen (secondary N) is 3. The van der Waals surface area contributed by atoms with Gasteiger partial charge in [-0.15, -0.1) is 0 Å². The van der Waals surface area contributed by atoms with Crippen LogP contribution < -0.4 is 24.8 Å². The molecule has 8 nitrogen and oxygen atoms in total. The third-order valence-corrected chi connectivity index (χ3v) is 5.56. The smallest absolute Gasteiger partial charge is 0.323 e. The second-order valence-corrected chi connectivity index (χ2v) is 8.05. The van der Waals surface area contributed by atoms with Crippen molar-refractivity contribution in [3.05, 3.63) is 72.8 Å². The second kappa shape index (κ2) is 9.86. The maximum Gasteiger partial charge on any atom is 0.323 e. The minimum atomic E-state index is -3.90. The second-order valence-electron chi connectivity index (χ2n) is 6.37. The molecular weight excluding hydrogens is 418 g/mol. The molecule has 0 aliphatic carbocycles. The lowest BCUT2D eigenvalue weighted by Crippen LogP contribution is -2.20. The van der Waals surface area contributed by atoms with Crippen molar-refractivity contribution < 1.29 is 22.7 Å². The first-order valence-corrected chi connectivity index (χ1v) is 11.0. The molecule has 0 bridgehead atoms. The van der Waals surface area contributed by atoms with E-state index in [0.717, 1.165) is 0 Å². The third-order valence-electron chi connectivity index (χ3n) is 4.18. The Hall–Kier alpha value is -3.72. The van der Waals surface area contributed by atoms with Gasteiger partial charge in [-0.2, -0.15) is 0 Å². The van der Waals surface area contributed by atoms with E-state index in [0.29, 0.717) is 29.5 Å². The Balaban J connectivity index is 1.78. The zero-order chi connectivity index (χ0) is 22.3. The van der Waals surface area contributed by atoms with E-state index in [-0.39, 0.29) is 10.6 Å². The highest BCUT2D eigenvalue weighted by Crippen LogP contribution is 2.29. The molecule has 9 heteroatoms. The van der Waals surface area contributed by atoms with E-state index in [1.165, 1.54) is 25.3 Å². The van der Waals surface area contributed by atoms with E-state index in [4.69, 9.17) is 9.47 Å². The average Bonchev–Trinajstić information content (AvgIpc) is 2.75. The molecule has 3 rings (SSSR count). The molecule has 162 valence electrons. The van der Waals surface area contributed by atoms with Crippen LogP contribution in [0.3, 0.4) is 0 Å². The van der Waals surface area contributed by atoms with Gasteiger partial charge in [-0.25, -0.2) is 13.2 Å². The number of anilines is 3. The van der Waals surface area contributed by atoms with Crippen molar-refractivity contribution in [1.82, 2.24) is 0 Å². The number of carbonyl (C=O) groups is 1. The van der Waals surface area contributed by atoms with E-state index < -0.39 is 16.1 Å². The molecule has 0 aromatic heterocycles. The number of hydrogen-bond acceptors (Lipinski definition) is 5. The monoisotopic (exact) mass is 441 g/mol. The Kier molecular flexibility index (Phi) is 6.99. The fraction of sp³-hybridized carbons (Fsp3) is 0.136. The fourth-order valence-electron chi connectivity index (χ4n) is 2.76. The lowest BCUT2D eigenvalue weighted by atomic mass is 10.3. The number of carbonyl (C=O) groups excluding carboxylic acids is 1. The summed E-state index contributed by atoms with van der Waals surface area (Å²) in [4.78, 5) is 12.3. The molecule has 0 saturated heterocycles. The van der Waals surface area contributed by atoms with Crippen molar-refractivity contribution in [1.29, 1.82) is 0 Å². The van der Waals surface area contributed by atoms with Crippen molar-refractivity contribution in [3.63, 3.8) is 0 Å². The van der Waals surface area contributed by atoms with Crippen LogP contribution in [-0.4, -0.2) is 28.2 Å². The SMILES string of the molecule is CCOc1ccc(NS(=O)(=O)c2ccc(OC)c(NC(=O)Nc3ccccc3)c2)cc1. The topological polar surface area (TPSA) is 106 Å². The lowest BCUT2D eigenvalue weighted by molar-refractivity contribution is 0.262. The highest BCUT2D eigenvalue weighted by Gasteiger charge is 2.18. The summed E-state index contributed by atoms with van der Waals surface area (Å²) >= 11 is 0. The summed E-state index contributed by atoms with van der Waals surface area (Å²) in [6, 6.07) is 19.1. The minimum Gasteiger partial charge on any atom is -0.495 e. The van der Waals surface area contributed by atoms with Crippen LogP contribution >= 0.6 is 0 Å². The predicted molar refractivity (Wildman–Crippen MR) is 120 cm³/mol. The average molecular weight is 442 g/mol. The van der Waals surface area contributed by atoms with Crippen LogP contribution in [-0.2, 0) is 10.0 Å². The third kappa shape index (κ3) is 5.89. The molecule has 3 N–H and O–H groups in total. The van der Waals surface area contributed by atoms with Crippen LogP contribution in [0.1, 0.15) is 6.92 Å². The normalized spacial score (nSPS) is 10.8. The zero-order valence-electron chi connectivity index (χ0n) is 17.1. The molecule has 0 fully saturated rings. The van der Waals surface area contributed by atoms with Crippen LogP contribution in [0.5, 0.6) is 11.5 Å². The molecule has 0 radical (unpaired) electrons. The van der Waals surface area contributed by atoms with Crippen LogP contribution in [0, 0.1) is 0 Å². The van der Waals surface area contributed by atoms with E-state index in [1.807, 2.05) is 13.0 Å². The van der Waals surface area contributed by atoms with Crippen molar-refractivity contribution in [2.24, 2.45) is 0 Å². The number of para-hydroxylation sites is 1. The standard InChI is InChI=1S/C22H23N3O5S/c1-3-30-18-11-9-17(10-12-18)25-31(27,28)19-13-14-21(29-2)20(15-19)24-22(26)23-16-7-5-4-6-8-16/h4-15,25H,3H2,1-2H3,(H2,23,24,26). The first-order chi connectivity index (χ1) is 14.9. The number of benzene rings is 3. The van der Waals surface area contributed by atoms with E-state index >= 15 is 0 Å². The Morgan fingerprint density at radius 1 is 0.903 bits per heavy atom. The van der Waals surface area contributed by atoms with Gasteiger partial charge in [0.05, 0.1) is 24.3 Å². The highest BCUT2D eigenvalue weighted by atomic mass is 32.2. The van der Waals surface area contributed by atoms with Gasteiger partial charge >= 0.3 is 6.03 Å². The molecule has 3 aromatic rings. The number of ether oxygens (including phenoxy) is 2. The molecule has 0 atom stereocenters. The van der Waals surface area contributed by atoms with Gasteiger partial charge in [0, 0.05) is 11.4 Å². The molecule has 0 unspecified atom stereocenters. The molecule has 0 heterocycles. The summed E-state index contributed by atoms with van der Waals surface area (Å²) in [5.41, 5.74) is 1.20. The summed E-state index contributed by atoms with van der Waals surface area (Å²) in [6.45, 7) is 2.39. The van der Waals surface area contributed by atoms with Gasteiger partial charge in [-0.3, -0.25) is 4.72 Å². The molecule has 0 spiro atoms. The van der Waals surface area contributed by atoms with Crippen LogP contribution in [0.2, 0.25) is 0 Å². The largest absolute Gasteiger partial charge is 0.495 e. The Bertz CT molecular complexity index is 1130. The first kappa shape index (κ1) is 22.0. The van der Waals surface area contributed by atoms with Gasteiger partial charge in [0.2, 0.25) is 0 Å². The van der Waals surface area contributed by atoms with Crippen molar-refractivity contribution >= 4 is 33.1 Å². The summed E-state index contributed by atoms with van der Waals surface area (Å²) in [5, 5.41) is 5.30. The van der Waals surface area contributed by atoms with Crippen LogP contribution in [0.15, 0.2) is 77.7 Å². The van der Waals surface area contributed by atoms with Crippen LogP contribution in [0.25, 0.3) is 0 Å². The maximum absolute atomic E-state index is 12.8. The Morgan fingerprint density at radius 3 is 2.26 bits per heavy atom. The summed E-state index contributed by atoms with van der Waals surface area (Å²) in [6.07, 6.45) is 0. The molecule has 0 saturated carbocycles. The number of amides is 2. The Morgan fingerprint density at radius 2 is 1.61 bits per heavy atom. The molecular formula is C22H23N3O5S. The molecule has 2 amide bonds. The van der Waals surface area contributed by atoms with Gasteiger partial charge in [0.15, 0.2) is 0 Å². The van der Waals surface area contributed by atoms with E-state index in [1.54, 1.807) is 48.5 Å². The van der Waals surface area contributed by atoms with Gasteiger partial charge in [0.1, 0.15) is 11.5 Å². The minimum absolute atomic E-state index is 0.0304. The number of methoxy groups -OCH3 is 1. The highest BCUT2D eigenvalue weighted by molar-refractivity contribution is 7.92. The first-order valence-electron chi connectivity index (χ1n) is 9.48. The Labute approximate surface area is 181 Å². The number of urea groups is 1. The molecule has 3 aromatic carbocycles. The molecule has 31 heavy (non-hydrogen) atoms. The molecule has 0 aliphatic rings. The van der Waals surface area contributed by atoms with E-state index in [9.17, 15) is 13.2 Å². The number of sulfonamides is 1. The molecule has 0 aliphatic heterocycles. The number of hydrogen-bond donors (Lipinski definition) is 3. The zero-order valence-corrected chi connectivity index (χ0v) is 17.9. The lowest BCUT2D eigenvalue weighted by Gasteiger charge is -2.14. The van der Waals surface area contributed by atoms with Gasteiger partial charge in [-0.1, -0.05) is 18.2 Å². The van der Waals surface area contributed by atoms with Crippen molar-refractivity contribution in [2.45, 2.75) is 11.8 Å². The fourth-order valence-corrected chi connectivity index (χ4v) is 3.84. The van der Waals surface area contributed by atoms with Crippen molar-refractivity contribution in [3.8, 4) is 11.5 Å². The quantitative estimate of drug-likeness (QED) is 0.476. The van der Waals surface area contributed by atoms with Gasteiger partial charge in [0.25, 0.3) is 10.0 Å². The van der Waals surface area contributed by atoms with Gasteiger partial charge < -0.3 is 20.1 Å². The predicted octanol–water partition coefficient (Wildman–Crippen LogP) is 4.54. The van der Waals surface area contributed by atoms with E-state index in [2.05, 4.69) is 15.4 Å². The van der Waals surface area contributed by atoms with Gasteiger partial charge in [-0.05, 0) is 61.5 Å². The number of rotatable bonds is 8. The maximum atomic E-state index is 12.8. The summed E-state index contributed by atoms with van der Waals surface area (Å²) in [5.74, 6) is 0.967. The summed E-state index contributed by atoms with van der Waals surface area (Å²) in [7, 11) is -2.47.